The van der Waals surface area contributed by atoms with Crippen LogP contribution < -0.4 is 5.32 Å². The Morgan fingerprint density at radius 3 is 2.37 bits per heavy atom. The van der Waals surface area contributed by atoms with E-state index in [1.54, 1.807) is 32.0 Å². The molecule has 1 aromatic carbocycles. The first-order valence-corrected chi connectivity index (χ1v) is 6.07. The molecule has 2 aromatic rings. The molecule has 0 aliphatic heterocycles. The van der Waals surface area contributed by atoms with E-state index in [4.69, 9.17) is 4.42 Å². The predicted octanol–water partition coefficient (Wildman–Crippen LogP) is 3.47. The van der Waals surface area contributed by atoms with Crippen molar-refractivity contribution >= 4 is 11.6 Å². The predicted molar refractivity (Wildman–Crippen MR) is 73.7 cm³/mol. The van der Waals surface area contributed by atoms with Crippen LogP contribution in [0.4, 0.5) is 5.69 Å². The van der Waals surface area contributed by atoms with Crippen LogP contribution >= 0.6 is 0 Å². The van der Waals surface area contributed by atoms with Crippen LogP contribution in [-0.2, 0) is 0 Å². The van der Waals surface area contributed by atoms with E-state index < -0.39 is 0 Å². The zero-order valence-corrected chi connectivity index (χ0v) is 11.5. The Morgan fingerprint density at radius 2 is 1.84 bits per heavy atom. The number of carbonyl (C=O) groups is 1. The van der Waals surface area contributed by atoms with E-state index in [9.17, 15) is 9.90 Å². The molecule has 0 bridgehead atoms. The molecule has 0 aliphatic rings. The standard InChI is InChI=1S/C15H17NO3/c1-8-7-12(5-6-13(8)17)16-15(18)14-9(2)10(3)19-11(14)4/h5-7,17H,1-4H3,(H,16,18). The average molecular weight is 259 g/mol. The number of aromatic hydroxyl groups is 1. The second-order valence-electron chi connectivity index (χ2n) is 4.67. The molecule has 1 heterocycles. The van der Waals surface area contributed by atoms with Gasteiger partial charge in [-0.3, -0.25) is 4.79 Å². The van der Waals surface area contributed by atoms with E-state index in [-0.39, 0.29) is 11.7 Å². The zero-order chi connectivity index (χ0) is 14.2. The molecule has 4 heteroatoms. The van der Waals surface area contributed by atoms with Crippen molar-refractivity contribution in [2.75, 3.05) is 5.32 Å². The molecule has 0 radical (unpaired) electrons. The van der Waals surface area contributed by atoms with Crippen LogP contribution in [0.1, 0.15) is 33.0 Å². The summed E-state index contributed by atoms with van der Waals surface area (Å²) in [6, 6.07) is 4.95. The highest BCUT2D eigenvalue weighted by Gasteiger charge is 2.18. The molecule has 0 aliphatic carbocycles. The lowest BCUT2D eigenvalue weighted by molar-refractivity contribution is 0.102. The summed E-state index contributed by atoms with van der Waals surface area (Å²) in [6.45, 7) is 7.26. The molecule has 0 atom stereocenters. The quantitative estimate of drug-likeness (QED) is 0.812. The third-order valence-electron chi connectivity index (χ3n) is 3.24. The minimum atomic E-state index is -0.197. The Labute approximate surface area is 112 Å². The van der Waals surface area contributed by atoms with Crippen molar-refractivity contribution in [1.82, 2.24) is 0 Å². The van der Waals surface area contributed by atoms with E-state index >= 15 is 0 Å². The maximum atomic E-state index is 12.2. The molecule has 1 amide bonds. The highest BCUT2D eigenvalue weighted by Crippen LogP contribution is 2.24. The van der Waals surface area contributed by atoms with E-state index in [0.717, 1.165) is 16.9 Å². The fourth-order valence-corrected chi connectivity index (χ4v) is 2.05. The molecule has 2 N–H and O–H groups in total. The summed E-state index contributed by atoms with van der Waals surface area (Å²) in [6.07, 6.45) is 0. The van der Waals surface area contributed by atoms with Gasteiger partial charge in [-0.1, -0.05) is 0 Å². The van der Waals surface area contributed by atoms with E-state index in [2.05, 4.69) is 5.32 Å². The van der Waals surface area contributed by atoms with Crippen molar-refractivity contribution in [2.24, 2.45) is 0 Å². The van der Waals surface area contributed by atoms with Gasteiger partial charge in [0.15, 0.2) is 0 Å². The molecule has 1 aromatic heterocycles. The minimum Gasteiger partial charge on any atom is -0.508 e. The van der Waals surface area contributed by atoms with Crippen LogP contribution in [0.3, 0.4) is 0 Å². The summed E-state index contributed by atoms with van der Waals surface area (Å²) in [4.78, 5) is 12.2. The van der Waals surface area contributed by atoms with Crippen molar-refractivity contribution in [3.05, 3.63) is 46.4 Å². The molecule has 2 rings (SSSR count). The average Bonchev–Trinajstić information content (AvgIpc) is 2.58. The van der Waals surface area contributed by atoms with E-state index in [1.165, 1.54) is 0 Å². The molecular formula is C15H17NO3. The van der Waals surface area contributed by atoms with Crippen molar-refractivity contribution in [1.29, 1.82) is 0 Å². The van der Waals surface area contributed by atoms with Crippen molar-refractivity contribution in [3.8, 4) is 5.75 Å². The SMILES string of the molecule is Cc1cc(NC(=O)c2c(C)oc(C)c2C)ccc1O. The molecule has 0 unspecified atom stereocenters. The maximum Gasteiger partial charge on any atom is 0.259 e. The van der Waals surface area contributed by atoms with Gasteiger partial charge in [0.2, 0.25) is 0 Å². The number of hydrogen-bond acceptors (Lipinski definition) is 3. The number of amides is 1. The van der Waals surface area contributed by atoms with Gasteiger partial charge in [0.1, 0.15) is 17.3 Å². The lowest BCUT2D eigenvalue weighted by Crippen LogP contribution is -2.13. The van der Waals surface area contributed by atoms with Gasteiger partial charge >= 0.3 is 0 Å². The third-order valence-corrected chi connectivity index (χ3v) is 3.24. The first-order valence-electron chi connectivity index (χ1n) is 6.07. The van der Waals surface area contributed by atoms with Crippen LogP contribution in [0.15, 0.2) is 22.6 Å². The van der Waals surface area contributed by atoms with Crippen LogP contribution in [0.5, 0.6) is 5.75 Å². The fourth-order valence-electron chi connectivity index (χ4n) is 2.05. The monoisotopic (exact) mass is 259 g/mol. The van der Waals surface area contributed by atoms with E-state index in [0.29, 0.717) is 17.0 Å². The van der Waals surface area contributed by atoms with Crippen LogP contribution in [0.25, 0.3) is 0 Å². The number of nitrogens with one attached hydrogen (secondary N) is 1. The van der Waals surface area contributed by atoms with Crippen LogP contribution in [-0.4, -0.2) is 11.0 Å². The van der Waals surface area contributed by atoms with Crippen LogP contribution in [0.2, 0.25) is 0 Å². The van der Waals surface area contributed by atoms with Gasteiger partial charge in [-0.25, -0.2) is 0 Å². The summed E-state index contributed by atoms with van der Waals surface area (Å²) in [5.74, 6) is 1.38. The maximum absolute atomic E-state index is 12.2. The zero-order valence-electron chi connectivity index (χ0n) is 11.5. The highest BCUT2D eigenvalue weighted by molar-refractivity contribution is 6.06. The number of aryl methyl sites for hydroxylation is 3. The summed E-state index contributed by atoms with van der Waals surface area (Å²) in [7, 11) is 0. The molecule has 0 spiro atoms. The number of rotatable bonds is 2. The molecule has 4 nitrogen and oxygen atoms in total. The number of anilines is 1. The third kappa shape index (κ3) is 2.47. The molecule has 0 saturated heterocycles. The van der Waals surface area contributed by atoms with Crippen molar-refractivity contribution in [2.45, 2.75) is 27.7 Å². The minimum absolute atomic E-state index is 0.197. The highest BCUT2D eigenvalue weighted by atomic mass is 16.3. The number of furan rings is 1. The number of hydrogen-bond donors (Lipinski definition) is 2. The normalized spacial score (nSPS) is 10.5. The topological polar surface area (TPSA) is 62.5 Å². The lowest BCUT2D eigenvalue weighted by Gasteiger charge is -2.07. The Morgan fingerprint density at radius 1 is 1.16 bits per heavy atom. The lowest BCUT2D eigenvalue weighted by atomic mass is 10.1. The van der Waals surface area contributed by atoms with Crippen molar-refractivity contribution in [3.63, 3.8) is 0 Å². The van der Waals surface area contributed by atoms with Crippen molar-refractivity contribution < 1.29 is 14.3 Å². The summed E-state index contributed by atoms with van der Waals surface area (Å²) < 4.78 is 5.45. The number of phenolic OH excluding ortho intramolecular Hbond substituents is 1. The van der Waals surface area contributed by atoms with Gasteiger partial charge in [0.05, 0.1) is 5.56 Å². The van der Waals surface area contributed by atoms with Gasteiger partial charge in [-0.15, -0.1) is 0 Å². The second kappa shape index (κ2) is 4.80. The largest absolute Gasteiger partial charge is 0.508 e. The second-order valence-corrected chi connectivity index (χ2v) is 4.67. The Balaban J connectivity index is 2.28. The Bertz CT molecular complexity index is 641. The molecule has 19 heavy (non-hydrogen) atoms. The van der Waals surface area contributed by atoms with Gasteiger partial charge in [-0.2, -0.15) is 0 Å². The fraction of sp³-hybridized carbons (Fsp3) is 0.267. The number of phenols is 1. The molecule has 0 fully saturated rings. The summed E-state index contributed by atoms with van der Waals surface area (Å²) in [5.41, 5.74) is 2.79. The number of carbonyl (C=O) groups excluding carboxylic acids is 1. The Hall–Kier alpha value is -2.23. The van der Waals surface area contributed by atoms with E-state index in [1.807, 2.05) is 13.8 Å². The smallest absolute Gasteiger partial charge is 0.259 e. The molecular weight excluding hydrogens is 242 g/mol. The Kier molecular flexibility index (Phi) is 3.34. The summed E-state index contributed by atoms with van der Waals surface area (Å²) in [5, 5.41) is 12.3. The van der Waals surface area contributed by atoms with Gasteiger partial charge in [-0.05, 0) is 51.5 Å². The van der Waals surface area contributed by atoms with Gasteiger partial charge in [0.25, 0.3) is 5.91 Å². The first kappa shape index (κ1) is 13.2. The van der Waals surface area contributed by atoms with Gasteiger partial charge < -0.3 is 14.8 Å². The molecule has 100 valence electrons. The summed E-state index contributed by atoms with van der Waals surface area (Å²) >= 11 is 0. The van der Waals surface area contributed by atoms with Crippen LogP contribution in [0, 0.1) is 27.7 Å². The molecule has 0 saturated carbocycles. The van der Waals surface area contributed by atoms with Gasteiger partial charge in [0, 0.05) is 11.3 Å². The first-order chi connectivity index (χ1) is 8.90. The number of benzene rings is 1.